The predicted octanol–water partition coefficient (Wildman–Crippen LogP) is 8.62. The van der Waals surface area contributed by atoms with Gasteiger partial charge in [-0.1, -0.05) is 145 Å². The zero-order chi connectivity index (χ0) is 48.2. The SMILES string of the molecule is COc1ccc2c(-c3c([O-])ccc4cc(OC)ccc34)c([O-])ccc2c1.COc1ccc2c(-c3c([O-])ccc4cc(OC)ccc34)c([O-])ccc2c1.[O-2].[O-]Cc1ccccc1.[O-]Cc1ccccc1.[Ti+4].[Ti+4]. The van der Waals surface area contributed by atoms with E-state index < -0.39 is 0 Å². The first-order valence-corrected chi connectivity index (χ1v) is 21.5. The summed E-state index contributed by atoms with van der Waals surface area (Å²) in [7, 11) is 6.38. The van der Waals surface area contributed by atoms with Crippen molar-refractivity contribution in [1.29, 1.82) is 0 Å². The molecular formula is C58H46O11Ti2. The molecule has 10 aromatic rings. The topological polar surface area (TPSA) is 204 Å². The average molecular weight is 1010 g/mol. The minimum atomic E-state index is -0.178. The Hall–Kier alpha value is -7.05. The first kappa shape index (κ1) is 56.5. The van der Waals surface area contributed by atoms with E-state index in [0.717, 1.165) is 54.2 Å². The van der Waals surface area contributed by atoms with Crippen molar-refractivity contribution in [1.82, 2.24) is 0 Å². The Morgan fingerprint density at radius 1 is 0.310 bits per heavy atom. The van der Waals surface area contributed by atoms with Gasteiger partial charge in [-0.15, -0.1) is 36.2 Å². The second kappa shape index (κ2) is 26.8. The molecule has 0 bridgehead atoms. The van der Waals surface area contributed by atoms with Gasteiger partial charge in [0.15, 0.2) is 0 Å². The number of ether oxygens (including phenoxy) is 4. The monoisotopic (exact) mass is 1010 g/mol. The van der Waals surface area contributed by atoms with Gasteiger partial charge < -0.3 is 55.1 Å². The molecule has 0 unspecified atom stereocenters. The first-order chi connectivity index (χ1) is 33.1. The van der Waals surface area contributed by atoms with Crippen molar-refractivity contribution in [3.05, 3.63) is 193 Å². The summed E-state index contributed by atoms with van der Waals surface area (Å²) in [5.74, 6) is 2.09. The summed E-state index contributed by atoms with van der Waals surface area (Å²) in [6.07, 6.45) is 0. The van der Waals surface area contributed by atoms with Crippen LogP contribution in [0.15, 0.2) is 182 Å². The summed E-state index contributed by atoms with van der Waals surface area (Å²) in [5, 5.41) is 77.5. The van der Waals surface area contributed by atoms with Gasteiger partial charge >= 0.3 is 43.4 Å². The predicted molar refractivity (Wildman–Crippen MR) is 259 cm³/mol. The molecule has 0 amide bonds. The molecule has 0 aliphatic rings. The number of methoxy groups -OCH3 is 4. The van der Waals surface area contributed by atoms with Gasteiger partial charge in [0.2, 0.25) is 0 Å². The maximum Gasteiger partial charge on any atom is 4.00 e. The molecular weight excluding hydrogens is 968 g/mol. The molecule has 0 saturated carbocycles. The molecule has 0 N–H and O–H groups in total. The third kappa shape index (κ3) is 13.2. The molecule has 0 aliphatic heterocycles. The molecule has 0 saturated heterocycles. The third-order valence-corrected chi connectivity index (χ3v) is 11.3. The molecule has 0 spiro atoms. The molecule has 71 heavy (non-hydrogen) atoms. The quantitative estimate of drug-likeness (QED) is 0.133. The normalized spacial score (nSPS) is 10.1. The fourth-order valence-corrected chi connectivity index (χ4v) is 7.84. The fourth-order valence-electron chi connectivity index (χ4n) is 7.84. The summed E-state index contributed by atoms with van der Waals surface area (Å²) in [6, 6.07) is 53.5. The largest absolute Gasteiger partial charge is 4.00 e. The van der Waals surface area contributed by atoms with Crippen LogP contribution in [0.5, 0.6) is 46.0 Å². The molecule has 352 valence electrons. The van der Waals surface area contributed by atoms with Gasteiger partial charge in [0.25, 0.3) is 0 Å². The van der Waals surface area contributed by atoms with Crippen molar-refractivity contribution in [2.24, 2.45) is 0 Å². The number of benzene rings is 10. The van der Waals surface area contributed by atoms with Crippen LogP contribution in [0.2, 0.25) is 0 Å². The van der Waals surface area contributed by atoms with Crippen LogP contribution in [0, 0.1) is 0 Å². The Labute approximate surface area is 441 Å². The zero-order valence-corrected chi connectivity index (χ0v) is 42.3. The van der Waals surface area contributed by atoms with Crippen molar-refractivity contribution >= 4 is 43.1 Å². The summed E-state index contributed by atoms with van der Waals surface area (Å²) < 4.78 is 21.1. The second-order valence-electron chi connectivity index (χ2n) is 15.4. The number of hydrogen-bond acceptors (Lipinski definition) is 10. The molecule has 0 atom stereocenters. The maximum atomic E-state index is 12.7. The zero-order valence-electron chi connectivity index (χ0n) is 39.2. The van der Waals surface area contributed by atoms with Gasteiger partial charge in [0.1, 0.15) is 23.0 Å². The Morgan fingerprint density at radius 2 is 0.535 bits per heavy atom. The van der Waals surface area contributed by atoms with E-state index in [-0.39, 0.29) is 85.1 Å². The summed E-state index contributed by atoms with van der Waals surface area (Å²) >= 11 is 0. The molecule has 10 rings (SSSR count). The number of rotatable bonds is 8. The third-order valence-electron chi connectivity index (χ3n) is 11.3. The second-order valence-corrected chi connectivity index (χ2v) is 15.4. The molecule has 10 aromatic carbocycles. The van der Waals surface area contributed by atoms with Gasteiger partial charge in [-0.05, 0) is 114 Å². The molecule has 0 aliphatic carbocycles. The van der Waals surface area contributed by atoms with Gasteiger partial charge in [-0.2, -0.15) is 0 Å². The van der Waals surface area contributed by atoms with E-state index >= 15 is 0 Å². The Bertz CT molecular complexity index is 2910. The smallest absolute Gasteiger partial charge is 2.00 e. The van der Waals surface area contributed by atoms with Crippen LogP contribution in [0.25, 0.3) is 65.3 Å². The molecule has 0 fully saturated rings. The molecule has 0 radical (unpaired) electrons. The van der Waals surface area contributed by atoms with Gasteiger partial charge in [0, 0.05) is 0 Å². The van der Waals surface area contributed by atoms with E-state index in [1.807, 2.05) is 109 Å². The van der Waals surface area contributed by atoms with E-state index in [2.05, 4.69) is 0 Å². The van der Waals surface area contributed by atoms with Crippen LogP contribution in [0.3, 0.4) is 0 Å². The van der Waals surface area contributed by atoms with Crippen LogP contribution in [0.4, 0.5) is 0 Å². The van der Waals surface area contributed by atoms with E-state index in [1.54, 1.807) is 77.0 Å². The van der Waals surface area contributed by atoms with Crippen molar-refractivity contribution in [3.63, 3.8) is 0 Å². The Morgan fingerprint density at radius 3 is 0.718 bits per heavy atom. The molecule has 13 heteroatoms. The van der Waals surface area contributed by atoms with Crippen LogP contribution >= 0.6 is 0 Å². The van der Waals surface area contributed by atoms with Gasteiger partial charge in [-0.3, -0.25) is 0 Å². The Kier molecular flexibility index (Phi) is 21.3. The molecule has 0 heterocycles. The van der Waals surface area contributed by atoms with E-state index in [9.17, 15) is 30.6 Å². The summed E-state index contributed by atoms with van der Waals surface area (Å²) in [5.41, 5.74) is 3.40. The van der Waals surface area contributed by atoms with E-state index in [4.69, 9.17) is 18.9 Å². The summed E-state index contributed by atoms with van der Waals surface area (Å²) in [6.45, 7) is -0.221. The standard InChI is InChI=1S/2C22H18O4.2C7H7O.O.2Ti/c2*1-25-15-5-7-17-13(11-15)3-9-19(23)21(17)22-18-8-6-16(26-2)12-14(18)4-10-20(22)24;2*8-6-7-4-2-1-3-5-7;;;/h2*3-12,23-24H,1-2H3;2*1-5H,6H2;;;/q;;2*-1;-2;2*+4/p-4. The van der Waals surface area contributed by atoms with Gasteiger partial charge in [0.05, 0.1) is 28.4 Å². The van der Waals surface area contributed by atoms with Crippen LogP contribution in [0.1, 0.15) is 11.1 Å². The number of fused-ring (bicyclic) bond motifs is 4. The van der Waals surface area contributed by atoms with Gasteiger partial charge in [-0.25, -0.2) is 0 Å². The average Bonchev–Trinajstić information content (AvgIpc) is 3.39. The van der Waals surface area contributed by atoms with E-state index in [1.165, 1.54) is 24.3 Å². The molecule has 11 nitrogen and oxygen atoms in total. The fraction of sp³-hybridized carbons (Fsp3) is 0.103. The van der Waals surface area contributed by atoms with Crippen LogP contribution in [-0.4, -0.2) is 28.4 Å². The van der Waals surface area contributed by atoms with Crippen molar-refractivity contribution in [2.45, 2.75) is 13.2 Å². The van der Waals surface area contributed by atoms with Crippen LogP contribution in [-0.2, 0) is 62.1 Å². The van der Waals surface area contributed by atoms with Crippen molar-refractivity contribution in [2.75, 3.05) is 28.4 Å². The van der Waals surface area contributed by atoms with Crippen LogP contribution < -0.4 is 49.6 Å². The summed E-state index contributed by atoms with van der Waals surface area (Å²) in [4.78, 5) is 0. The first-order valence-electron chi connectivity index (χ1n) is 21.5. The minimum absolute atomic E-state index is 0. The van der Waals surface area contributed by atoms with Crippen molar-refractivity contribution < 1.29 is 98.5 Å². The van der Waals surface area contributed by atoms with E-state index in [0.29, 0.717) is 45.3 Å². The maximum absolute atomic E-state index is 12.7. The minimum Gasteiger partial charge on any atom is -2.00 e. The molecule has 0 aromatic heterocycles. The Balaban J connectivity index is 0.000000228. The number of hydrogen-bond donors (Lipinski definition) is 0. The van der Waals surface area contributed by atoms with Crippen molar-refractivity contribution in [3.8, 4) is 68.2 Å².